The first-order valence-corrected chi connectivity index (χ1v) is 6.79. The molecule has 3 heteroatoms. The lowest BCUT2D eigenvalue weighted by molar-refractivity contribution is 0.252. The Hall–Kier alpha value is -1.35. The Kier molecular flexibility index (Phi) is 2.86. The molecule has 18 heavy (non-hydrogen) atoms. The fourth-order valence-electron chi connectivity index (χ4n) is 2.76. The molecular weight excluding hydrogens is 222 g/mol. The fourth-order valence-corrected chi connectivity index (χ4v) is 2.76. The molecule has 2 aromatic rings. The monoisotopic (exact) mass is 243 g/mol. The second kappa shape index (κ2) is 4.39. The van der Waals surface area contributed by atoms with Crippen LogP contribution in [0.4, 0.5) is 0 Å². The Morgan fingerprint density at radius 2 is 1.83 bits per heavy atom. The lowest BCUT2D eigenvalue weighted by atomic mass is 9.97. The van der Waals surface area contributed by atoms with E-state index in [1.807, 2.05) is 0 Å². The first kappa shape index (κ1) is 11.7. The van der Waals surface area contributed by atoms with Crippen LogP contribution in [0.5, 0.6) is 0 Å². The maximum absolute atomic E-state index is 4.79. The standard InChI is InChI=1S/C15H21N3/c1-10-8-13-14(9-11(10)2)17-15(16-13)12-4-6-18(3)7-5-12/h8-9,12H,4-7H2,1-3H3,(H,16,17). The van der Waals surface area contributed by atoms with Crippen molar-refractivity contribution in [3.8, 4) is 0 Å². The van der Waals surface area contributed by atoms with Gasteiger partial charge in [0.2, 0.25) is 0 Å². The number of likely N-dealkylation sites (tertiary alicyclic amines) is 1. The van der Waals surface area contributed by atoms with E-state index in [9.17, 15) is 0 Å². The third-order valence-electron chi connectivity index (χ3n) is 4.22. The summed E-state index contributed by atoms with van der Waals surface area (Å²) in [5.74, 6) is 1.79. The van der Waals surface area contributed by atoms with E-state index in [-0.39, 0.29) is 0 Å². The maximum atomic E-state index is 4.79. The van der Waals surface area contributed by atoms with Gasteiger partial charge in [0, 0.05) is 5.92 Å². The second-order valence-electron chi connectivity index (χ2n) is 5.65. The Balaban J connectivity index is 1.93. The molecule has 0 unspecified atom stereocenters. The predicted molar refractivity (Wildman–Crippen MR) is 75.0 cm³/mol. The molecule has 1 aromatic carbocycles. The van der Waals surface area contributed by atoms with Crippen molar-refractivity contribution in [2.24, 2.45) is 0 Å². The fraction of sp³-hybridized carbons (Fsp3) is 0.533. The van der Waals surface area contributed by atoms with Crippen LogP contribution in [0.15, 0.2) is 12.1 Å². The molecule has 0 aliphatic carbocycles. The Labute approximate surface area is 108 Å². The van der Waals surface area contributed by atoms with Gasteiger partial charge >= 0.3 is 0 Å². The molecule has 1 aliphatic rings. The average Bonchev–Trinajstić information content (AvgIpc) is 2.73. The number of hydrogen-bond acceptors (Lipinski definition) is 2. The Morgan fingerprint density at radius 3 is 2.56 bits per heavy atom. The van der Waals surface area contributed by atoms with Gasteiger partial charge < -0.3 is 9.88 Å². The molecule has 1 aliphatic heterocycles. The van der Waals surface area contributed by atoms with Gasteiger partial charge in [-0.3, -0.25) is 0 Å². The van der Waals surface area contributed by atoms with Gasteiger partial charge in [0.25, 0.3) is 0 Å². The molecule has 1 saturated heterocycles. The number of aryl methyl sites for hydroxylation is 2. The highest BCUT2D eigenvalue weighted by atomic mass is 15.1. The van der Waals surface area contributed by atoms with E-state index < -0.39 is 0 Å². The van der Waals surface area contributed by atoms with E-state index in [1.54, 1.807) is 0 Å². The summed E-state index contributed by atoms with van der Waals surface area (Å²) < 4.78 is 0. The van der Waals surface area contributed by atoms with Crippen LogP contribution in [-0.2, 0) is 0 Å². The first-order chi connectivity index (χ1) is 8.63. The zero-order chi connectivity index (χ0) is 12.7. The lowest BCUT2D eigenvalue weighted by Gasteiger charge is -2.27. The minimum absolute atomic E-state index is 0.606. The van der Waals surface area contributed by atoms with Crippen molar-refractivity contribution in [1.82, 2.24) is 14.9 Å². The van der Waals surface area contributed by atoms with Gasteiger partial charge in [-0.25, -0.2) is 4.98 Å². The normalized spacial score (nSPS) is 18.6. The molecule has 0 saturated carbocycles. The topological polar surface area (TPSA) is 31.9 Å². The van der Waals surface area contributed by atoms with E-state index in [0.29, 0.717) is 5.92 Å². The molecule has 3 nitrogen and oxygen atoms in total. The minimum atomic E-state index is 0.606. The van der Waals surface area contributed by atoms with Gasteiger partial charge in [-0.05, 0) is 70.1 Å². The van der Waals surface area contributed by atoms with Crippen molar-refractivity contribution in [1.29, 1.82) is 0 Å². The molecule has 0 bridgehead atoms. The van der Waals surface area contributed by atoms with Crippen molar-refractivity contribution in [2.45, 2.75) is 32.6 Å². The summed E-state index contributed by atoms with van der Waals surface area (Å²) in [5.41, 5.74) is 4.96. The smallest absolute Gasteiger partial charge is 0.110 e. The number of aromatic nitrogens is 2. The predicted octanol–water partition coefficient (Wildman–Crippen LogP) is 2.99. The number of H-pyrrole nitrogens is 1. The molecule has 0 radical (unpaired) electrons. The van der Waals surface area contributed by atoms with Crippen molar-refractivity contribution < 1.29 is 0 Å². The largest absolute Gasteiger partial charge is 0.342 e. The number of nitrogens with one attached hydrogen (secondary N) is 1. The second-order valence-corrected chi connectivity index (χ2v) is 5.65. The molecular formula is C15H21N3. The molecule has 96 valence electrons. The molecule has 1 aromatic heterocycles. The highest BCUT2D eigenvalue weighted by Crippen LogP contribution is 2.27. The number of nitrogens with zero attached hydrogens (tertiary/aromatic N) is 2. The average molecular weight is 243 g/mol. The number of imidazole rings is 1. The number of benzene rings is 1. The number of hydrogen-bond donors (Lipinski definition) is 1. The summed E-state index contributed by atoms with van der Waals surface area (Å²) in [6.07, 6.45) is 2.43. The number of piperidine rings is 1. The van der Waals surface area contributed by atoms with Gasteiger partial charge in [-0.2, -0.15) is 0 Å². The van der Waals surface area contributed by atoms with E-state index in [1.165, 1.54) is 48.4 Å². The number of rotatable bonds is 1. The summed E-state index contributed by atoms with van der Waals surface area (Å²) in [7, 11) is 2.20. The van der Waals surface area contributed by atoms with Gasteiger partial charge in [-0.15, -0.1) is 0 Å². The molecule has 1 fully saturated rings. The van der Waals surface area contributed by atoms with Crippen molar-refractivity contribution in [2.75, 3.05) is 20.1 Å². The minimum Gasteiger partial charge on any atom is -0.342 e. The lowest BCUT2D eigenvalue weighted by Crippen LogP contribution is -2.29. The highest BCUT2D eigenvalue weighted by Gasteiger charge is 2.21. The van der Waals surface area contributed by atoms with Crippen LogP contribution in [0.2, 0.25) is 0 Å². The van der Waals surface area contributed by atoms with Crippen LogP contribution in [-0.4, -0.2) is 35.0 Å². The third kappa shape index (κ3) is 2.03. The molecule has 0 spiro atoms. The zero-order valence-corrected chi connectivity index (χ0v) is 11.5. The zero-order valence-electron chi connectivity index (χ0n) is 11.5. The van der Waals surface area contributed by atoms with Crippen LogP contribution in [0.25, 0.3) is 11.0 Å². The van der Waals surface area contributed by atoms with Crippen LogP contribution < -0.4 is 0 Å². The van der Waals surface area contributed by atoms with E-state index in [0.717, 1.165) is 5.52 Å². The Morgan fingerprint density at radius 1 is 1.17 bits per heavy atom. The van der Waals surface area contributed by atoms with Crippen LogP contribution in [0, 0.1) is 13.8 Å². The SMILES string of the molecule is Cc1cc2nc(C3CCN(C)CC3)[nH]c2cc1C. The third-order valence-corrected chi connectivity index (χ3v) is 4.22. The molecule has 3 rings (SSSR count). The first-order valence-electron chi connectivity index (χ1n) is 6.79. The highest BCUT2D eigenvalue weighted by molar-refractivity contribution is 5.77. The summed E-state index contributed by atoms with van der Waals surface area (Å²) >= 11 is 0. The molecule has 0 amide bonds. The summed E-state index contributed by atoms with van der Waals surface area (Å²) in [6.45, 7) is 6.67. The quantitative estimate of drug-likeness (QED) is 0.835. The van der Waals surface area contributed by atoms with Crippen molar-refractivity contribution >= 4 is 11.0 Å². The van der Waals surface area contributed by atoms with E-state index in [2.05, 4.69) is 42.9 Å². The summed E-state index contributed by atoms with van der Waals surface area (Å²) in [6, 6.07) is 4.41. The Bertz CT molecular complexity index is 523. The van der Waals surface area contributed by atoms with Crippen molar-refractivity contribution in [3.63, 3.8) is 0 Å². The molecule has 0 atom stereocenters. The van der Waals surface area contributed by atoms with Crippen molar-refractivity contribution in [3.05, 3.63) is 29.1 Å². The maximum Gasteiger partial charge on any atom is 0.110 e. The van der Waals surface area contributed by atoms with Gasteiger partial charge in [0.15, 0.2) is 0 Å². The molecule has 2 heterocycles. The molecule has 1 N–H and O–H groups in total. The van der Waals surface area contributed by atoms with Gasteiger partial charge in [0.1, 0.15) is 5.82 Å². The van der Waals surface area contributed by atoms with Crippen LogP contribution >= 0.6 is 0 Å². The van der Waals surface area contributed by atoms with Crippen LogP contribution in [0.1, 0.15) is 35.7 Å². The van der Waals surface area contributed by atoms with E-state index >= 15 is 0 Å². The van der Waals surface area contributed by atoms with E-state index in [4.69, 9.17) is 4.98 Å². The van der Waals surface area contributed by atoms with Crippen LogP contribution in [0.3, 0.4) is 0 Å². The van der Waals surface area contributed by atoms with Gasteiger partial charge in [-0.1, -0.05) is 0 Å². The summed E-state index contributed by atoms with van der Waals surface area (Å²) in [5, 5.41) is 0. The summed E-state index contributed by atoms with van der Waals surface area (Å²) in [4.78, 5) is 10.7. The van der Waals surface area contributed by atoms with Gasteiger partial charge in [0.05, 0.1) is 11.0 Å². The number of fused-ring (bicyclic) bond motifs is 1. The number of aromatic amines is 1.